The molecule has 2 aromatic carbocycles. The minimum Gasteiger partial charge on any atom is -0.348 e. The lowest BCUT2D eigenvalue weighted by Crippen LogP contribution is -2.35. The highest BCUT2D eigenvalue weighted by Crippen LogP contribution is 2.13. The van der Waals surface area contributed by atoms with Crippen LogP contribution in [-0.2, 0) is 13.5 Å². The molecule has 25 heavy (non-hydrogen) atoms. The van der Waals surface area contributed by atoms with Crippen LogP contribution in [0.2, 0.25) is 0 Å². The number of hydrogen-bond donors (Lipinski definition) is 1. The summed E-state index contributed by atoms with van der Waals surface area (Å²) in [6.45, 7) is 1.98. The van der Waals surface area contributed by atoms with Gasteiger partial charge in [0.15, 0.2) is 5.69 Å². The molecule has 1 amide bonds. The van der Waals surface area contributed by atoms with E-state index in [4.69, 9.17) is 0 Å². The molecule has 5 nitrogen and oxygen atoms in total. The third-order valence-corrected chi connectivity index (χ3v) is 4.26. The van der Waals surface area contributed by atoms with E-state index in [0.717, 1.165) is 12.8 Å². The van der Waals surface area contributed by atoms with Crippen molar-refractivity contribution < 1.29 is 4.79 Å². The first kappa shape index (κ1) is 16.9. The van der Waals surface area contributed by atoms with Crippen LogP contribution >= 0.6 is 0 Å². The van der Waals surface area contributed by atoms with Crippen LogP contribution in [0.3, 0.4) is 0 Å². The van der Waals surface area contributed by atoms with Crippen molar-refractivity contribution in [1.29, 1.82) is 0 Å². The molecule has 0 bridgehead atoms. The van der Waals surface area contributed by atoms with E-state index in [2.05, 4.69) is 22.5 Å². The van der Waals surface area contributed by atoms with Gasteiger partial charge in [0.25, 0.3) is 11.5 Å². The van der Waals surface area contributed by atoms with Crippen LogP contribution in [0.15, 0.2) is 59.4 Å². The molecule has 3 rings (SSSR count). The fourth-order valence-corrected chi connectivity index (χ4v) is 2.86. The fourth-order valence-electron chi connectivity index (χ4n) is 2.86. The molecule has 0 fully saturated rings. The zero-order valence-electron chi connectivity index (χ0n) is 14.4. The van der Waals surface area contributed by atoms with Gasteiger partial charge in [-0.1, -0.05) is 48.5 Å². The molecule has 0 saturated carbocycles. The minimum atomic E-state index is -0.257. The highest BCUT2D eigenvalue weighted by Gasteiger charge is 2.17. The number of aryl methyl sites for hydroxylation is 2. The van der Waals surface area contributed by atoms with Gasteiger partial charge in [-0.05, 0) is 31.4 Å². The fraction of sp³-hybridized carbons (Fsp3) is 0.250. The van der Waals surface area contributed by atoms with E-state index in [1.54, 1.807) is 31.3 Å². The number of carbonyl (C=O) groups is 1. The number of carbonyl (C=O) groups excluding carboxylic acids is 1. The second-order valence-electron chi connectivity index (χ2n) is 6.22. The summed E-state index contributed by atoms with van der Waals surface area (Å²) < 4.78 is 1.21. The average molecular weight is 335 g/mol. The molecule has 128 valence electrons. The number of rotatable bonds is 5. The first-order valence-electron chi connectivity index (χ1n) is 8.37. The van der Waals surface area contributed by atoms with Gasteiger partial charge in [0.05, 0.1) is 5.39 Å². The second kappa shape index (κ2) is 7.30. The summed E-state index contributed by atoms with van der Waals surface area (Å²) in [5, 5.41) is 8.24. The van der Waals surface area contributed by atoms with Gasteiger partial charge >= 0.3 is 0 Å². The Hall–Kier alpha value is -2.95. The van der Waals surface area contributed by atoms with Gasteiger partial charge in [0, 0.05) is 18.5 Å². The lowest BCUT2D eigenvalue weighted by atomic mass is 10.1. The van der Waals surface area contributed by atoms with E-state index in [9.17, 15) is 9.59 Å². The molecule has 0 aliphatic carbocycles. The van der Waals surface area contributed by atoms with Gasteiger partial charge in [-0.15, -0.1) is 0 Å². The van der Waals surface area contributed by atoms with Crippen molar-refractivity contribution in [3.8, 4) is 0 Å². The standard InChI is InChI=1S/C20H21N3O2/c1-14(12-13-15-8-4-3-5-9-15)21-19(24)18-16-10-6-7-11-17(16)20(25)23(2)22-18/h3-11,14H,12-13H2,1-2H3,(H,21,24)/t14-/m1/s1. The molecule has 1 heterocycles. The quantitative estimate of drug-likeness (QED) is 0.780. The summed E-state index contributed by atoms with van der Waals surface area (Å²) in [6.07, 6.45) is 1.73. The summed E-state index contributed by atoms with van der Waals surface area (Å²) in [7, 11) is 1.56. The zero-order valence-corrected chi connectivity index (χ0v) is 14.4. The molecule has 0 saturated heterocycles. The SMILES string of the molecule is C[C@H](CCc1ccccc1)NC(=O)c1nn(C)c(=O)c2ccccc12. The molecule has 1 N–H and O–H groups in total. The second-order valence-corrected chi connectivity index (χ2v) is 6.22. The lowest BCUT2D eigenvalue weighted by Gasteiger charge is -2.15. The molecule has 0 unspecified atom stereocenters. The van der Waals surface area contributed by atoms with Crippen LogP contribution in [0.25, 0.3) is 10.8 Å². The largest absolute Gasteiger partial charge is 0.348 e. The van der Waals surface area contributed by atoms with Crippen molar-refractivity contribution in [2.24, 2.45) is 7.05 Å². The number of nitrogens with one attached hydrogen (secondary N) is 1. The van der Waals surface area contributed by atoms with Gasteiger partial charge in [-0.2, -0.15) is 5.10 Å². The molecule has 1 aromatic heterocycles. The van der Waals surface area contributed by atoms with Gasteiger partial charge in [0.2, 0.25) is 0 Å². The molecule has 0 aliphatic heterocycles. The Balaban J connectivity index is 1.76. The highest BCUT2D eigenvalue weighted by molar-refractivity contribution is 6.04. The van der Waals surface area contributed by atoms with E-state index in [0.29, 0.717) is 10.8 Å². The third-order valence-electron chi connectivity index (χ3n) is 4.26. The molecular formula is C20H21N3O2. The Labute approximate surface area is 146 Å². The molecule has 0 spiro atoms. The Bertz CT molecular complexity index is 948. The third kappa shape index (κ3) is 3.76. The van der Waals surface area contributed by atoms with E-state index < -0.39 is 0 Å². The van der Waals surface area contributed by atoms with Gasteiger partial charge in [0.1, 0.15) is 0 Å². The van der Waals surface area contributed by atoms with Crippen LogP contribution in [0.1, 0.15) is 29.4 Å². The monoisotopic (exact) mass is 335 g/mol. The summed E-state index contributed by atoms with van der Waals surface area (Å²) in [5.41, 5.74) is 1.32. The summed E-state index contributed by atoms with van der Waals surface area (Å²) >= 11 is 0. The Kier molecular flexibility index (Phi) is 4.93. The van der Waals surface area contributed by atoms with Crippen molar-refractivity contribution in [1.82, 2.24) is 15.1 Å². The molecular weight excluding hydrogens is 314 g/mol. The van der Waals surface area contributed by atoms with E-state index in [1.165, 1.54) is 10.2 Å². The first-order valence-corrected chi connectivity index (χ1v) is 8.37. The van der Waals surface area contributed by atoms with E-state index in [-0.39, 0.29) is 23.2 Å². The van der Waals surface area contributed by atoms with Crippen LogP contribution in [0.4, 0.5) is 0 Å². The van der Waals surface area contributed by atoms with Crippen LogP contribution in [0.5, 0.6) is 0 Å². The van der Waals surface area contributed by atoms with Gasteiger partial charge in [-0.3, -0.25) is 9.59 Å². The zero-order chi connectivity index (χ0) is 17.8. The average Bonchev–Trinajstić information content (AvgIpc) is 2.64. The van der Waals surface area contributed by atoms with Crippen molar-refractivity contribution >= 4 is 16.7 Å². The van der Waals surface area contributed by atoms with Crippen molar-refractivity contribution in [3.05, 3.63) is 76.2 Å². The molecule has 3 aromatic rings. The van der Waals surface area contributed by atoms with Crippen molar-refractivity contribution in [2.75, 3.05) is 0 Å². The minimum absolute atomic E-state index is 0.00509. The van der Waals surface area contributed by atoms with Gasteiger partial charge < -0.3 is 5.32 Å². The summed E-state index contributed by atoms with van der Waals surface area (Å²) in [5.74, 6) is -0.257. The Morgan fingerprint density at radius 1 is 1.08 bits per heavy atom. The molecule has 0 radical (unpaired) electrons. The van der Waals surface area contributed by atoms with Gasteiger partial charge in [-0.25, -0.2) is 4.68 Å². The highest BCUT2D eigenvalue weighted by atomic mass is 16.2. The lowest BCUT2D eigenvalue weighted by molar-refractivity contribution is 0.0933. The molecule has 5 heteroatoms. The smallest absolute Gasteiger partial charge is 0.274 e. The van der Waals surface area contributed by atoms with Crippen LogP contribution < -0.4 is 10.9 Å². The molecule has 1 atom stereocenters. The number of nitrogens with zero attached hydrogens (tertiary/aromatic N) is 2. The first-order chi connectivity index (χ1) is 12.1. The predicted octanol–water partition coefficient (Wildman–Crippen LogP) is 2.68. The number of hydrogen-bond acceptors (Lipinski definition) is 3. The normalized spacial score (nSPS) is 12.1. The maximum Gasteiger partial charge on any atom is 0.274 e. The summed E-state index contributed by atoms with van der Waals surface area (Å²) in [6, 6.07) is 17.2. The van der Waals surface area contributed by atoms with Crippen LogP contribution in [-0.4, -0.2) is 21.7 Å². The number of aromatic nitrogens is 2. The number of amides is 1. The molecule has 0 aliphatic rings. The van der Waals surface area contributed by atoms with E-state index >= 15 is 0 Å². The number of fused-ring (bicyclic) bond motifs is 1. The summed E-state index contributed by atoms with van der Waals surface area (Å²) in [4.78, 5) is 24.8. The Morgan fingerprint density at radius 2 is 1.72 bits per heavy atom. The van der Waals surface area contributed by atoms with Crippen molar-refractivity contribution in [3.63, 3.8) is 0 Å². The predicted molar refractivity (Wildman–Crippen MR) is 98.7 cm³/mol. The Morgan fingerprint density at radius 3 is 2.44 bits per heavy atom. The van der Waals surface area contributed by atoms with Crippen LogP contribution in [0, 0.1) is 0 Å². The maximum atomic E-state index is 12.7. The maximum absolute atomic E-state index is 12.7. The van der Waals surface area contributed by atoms with E-state index in [1.807, 2.05) is 25.1 Å². The topological polar surface area (TPSA) is 64.0 Å². The van der Waals surface area contributed by atoms with Crippen molar-refractivity contribution in [2.45, 2.75) is 25.8 Å². The number of benzene rings is 2.